The van der Waals surface area contributed by atoms with Crippen molar-refractivity contribution >= 4 is 10.9 Å². The van der Waals surface area contributed by atoms with Gasteiger partial charge in [0.05, 0.1) is 18.8 Å². The lowest BCUT2D eigenvalue weighted by Crippen LogP contribution is -2.43. The Balaban J connectivity index is 1.38. The first-order valence-electron chi connectivity index (χ1n) is 12.2. The number of likely N-dealkylation sites (tertiary alicyclic amines) is 1. The molecule has 2 atom stereocenters. The van der Waals surface area contributed by atoms with E-state index in [0.29, 0.717) is 18.4 Å². The van der Waals surface area contributed by atoms with E-state index in [1.807, 2.05) is 18.2 Å². The van der Waals surface area contributed by atoms with E-state index in [1.165, 1.54) is 11.8 Å². The first-order valence-corrected chi connectivity index (χ1v) is 12.2. The van der Waals surface area contributed by atoms with Gasteiger partial charge in [-0.25, -0.2) is 4.39 Å². The van der Waals surface area contributed by atoms with Crippen molar-refractivity contribution in [3.63, 3.8) is 0 Å². The molecule has 5 heteroatoms. The number of rotatable bonds is 10. The lowest BCUT2D eigenvalue weighted by atomic mass is 9.88. The summed E-state index contributed by atoms with van der Waals surface area (Å²) >= 11 is 0. The largest absolute Gasteiger partial charge is 0.497 e. The van der Waals surface area contributed by atoms with Crippen LogP contribution >= 0.6 is 0 Å². The van der Waals surface area contributed by atoms with Crippen LogP contribution in [-0.4, -0.2) is 47.8 Å². The Labute approximate surface area is 196 Å². The highest BCUT2D eigenvalue weighted by Gasteiger charge is 2.27. The topological polar surface area (TPSA) is 45.6 Å². The van der Waals surface area contributed by atoms with Crippen molar-refractivity contribution < 1.29 is 14.2 Å². The van der Waals surface area contributed by atoms with Crippen LogP contribution in [0.1, 0.15) is 43.2 Å². The molecular formula is C28H35FN2O2. The van der Waals surface area contributed by atoms with Gasteiger partial charge in [0.1, 0.15) is 11.6 Å². The maximum atomic E-state index is 14.7. The number of aliphatic hydroxyl groups excluding tert-OH is 1. The van der Waals surface area contributed by atoms with Crippen LogP contribution in [0.15, 0.2) is 54.7 Å². The van der Waals surface area contributed by atoms with E-state index in [1.54, 1.807) is 7.11 Å². The molecule has 1 aliphatic rings. The summed E-state index contributed by atoms with van der Waals surface area (Å²) in [6.45, 7) is 2.37. The number of hydrogen-bond acceptors (Lipinski definition) is 4. The first kappa shape index (κ1) is 23.7. The molecule has 1 fully saturated rings. The third-order valence-corrected chi connectivity index (χ3v) is 7.06. The van der Waals surface area contributed by atoms with E-state index in [4.69, 9.17) is 4.74 Å². The first-order chi connectivity index (χ1) is 16.2. The number of hydrogen-bond donors (Lipinski definition) is 1. The summed E-state index contributed by atoms with van der Waals surface area (Å²) in [6.07, 6.45) is 8.23. The zero-order valence-electron chi connectivity index (χ0n) is 19.5. The number of ether oxygens (including phenoxy) is 1. The molecule has 2 heterocycles. The van der Waals surface area contributed by atoms with Crippen LogP contribution in [0.5, 0.6) is 5.75 Å². The fraction of sp³-hybridized carbons (Fsp3) is 0.464. The third-order valence-electron chi connectivity index (χ3n) is 7.06. The second-order valence-electron chi connectivity index (χ2n) is 9.21. The molecule has 2 aromatic carbocycles. The van der Waals surface area contributed by atoms with Gasteiger partial charge >= 0.3 is 0 Å². The second kappa shape index (κ2) is 11.6. The molecule has 3 aromatic rings. The minimum Gasteiger partial charge on any atom is -0.497 e. The van der Waals surface area contributed by atoms with Gasteiger partial charge in [0, 0.05) is 18.0 Å². The molecule has 1 saturated heterocycles. The third kappa shape index (κ3) is 6.10. The zero-order valence-corrected chi connectivity index (χ0v) is 19.5. The quantitative estimate of drug-likeness (QED) is 0.449. The van der Waals surface area contributed by atoms with E-state index in [2.05, 4.69) is 40.2 Å². The van der Waals surface area contributed by atoms with Crippen LogP contribution in [0.4, 0.5) is 4.39 Å². The van der Waals surface area contributed by atoms with Crippen molar-refractivity contribution in [2.45, 2.75) is 51.0 Å². The summed E-state index contributed by atoms with van der Waals surface area (Å²) in [7, 11) is 1.63. The standard InChI is InChI=1S/C28H35FN2O2/c1-33-24-12-13-28-26(18-24)25(27(29)19-30-28)11-5-10-23-17-22(20-32)14-16-31(23)15-6-9-21-7-3-2-4-8-21/h2-4,7-8,12-13,18-19,22-23,32H,5-6,9-11,14-17,20H2,1H3. The Kier molecular flexibility index (Phi) is 8.30. The van der Waals surface area contributed by atoms with Gasteiger partial charge in [-0.3, -0.25) is 4.98 Å². The summed E-state index contributed by atoms with van der Waals surface area (Å²) in [4.78, 5) is 6.84. The number of benzene rings is 2. The molecule has 4 rings (SSSR count). The van der Waals surface area contributed by atoms with Crippen molar-refractivity contribution in [3.05, 3.63) is 71.7 Å². The molecule has 33 heavy (non-hydrogen) atoms. The van der Waals surface area contributed by atoms with Crippen LogP contribution in [0.2, 0.25) is 0 Å². The Morgan fingerprint density at radius 1 is 1.12 bits per heavy atom. The minimum atomic E-state index is -0.243. The van der Waals surface area contributed by atoms with E-state index in [0.717, 1.165) is 73.8 Å². The molecule has 0 radical (unpaired) electrons. The molecule has 0 amide bonds. The molecule has 0 aliphatic carbocycles. The molecule has 1 aromatic heterocycles. The van der Waals surface area contributed by atoms with Crippen molar-refractivity contribution in [2.24, 2.45) is 5.92 Å². The Morgan fingerprint density at radius 2 is 1.97 bits per heavy atom. The van der Waals surface area contributed by atoms with Gasteiger partial charge in [0.25, 0.3) is 0 Å². The zero-order chi connectivity index (χ0) is 23.0. The summed E-state index contributed by atoms with van der Waals surface area (Å²) in [5.74, 6) is 0.856. The maximum Gasteiger partial charge on any atom is 0.145 e. The molecule has 1 N–H and O–H groups in total. The monoisotopic (exact) mass is 450 g/mol. The van der Waals surface area contributed by atoms with Crippen molar-refractivity contribution in [1.82, 2.24) is 9.88 Å². The smallest absolute Gasteiger partial charge is 0.145 e. The minimum absolute atomic E-state index is 0.243. The van der Waals surface area contributed by atoms with Gasteiger partial charge in [0.2, 0.25) is 0 Å². The highest BCUT2D eigenvalue weighted by atomic mass is 19.1. The van der Waals surface area contributed by atoms with E-state index in [-0.39, 0.29) is 12.4 Å². The predicted octanol–water partition coefficient (Wildman–Crippen LogP) is 5.41. The average Bonchev–Trinajstić information content (AvgIpc) is 2.86. The summed E-state index contributed by atoms with van der Waals surface area (Å²) in [5.41, 5.74) is 2.91. The van der Waals surface area contributed by atoms with Crippen LogP contribution in [0, 0.1) is 11.7 Å². The van der Waals surface area contributed by atoms with E-state index < -0.39 is 0 Å². The van der Waals surface area contributed by atoms with Gasteiger partial charge < -0.3 is 14.7 Å². The number of fused-ring (bicyclic) bond motifs is 1. The number of aromatic nitrogens is 1. The van der Waals surface area contributed by atoms with Gasteiger partial charge in [-0.15, -0.1) is 0 Å². The van der Waals surface area contributed by atoms with E-state index in [9.17, 15) is 9.50 Å². The van der Waals surface area contributed by atoms with Gasteiger partial charge in [-0.1, -0.05) is 30.3 Å². The lowest BCUT2D eigenvalue weighted by molar-refractivity contribution is 0.0743. The SMILES string of the molecule is COc1ccc2ncc(F)c(CCCC3CC(CO)CCN3CCCc3ccccc3)c2c1. The van der Waals surface area contributed by atoms with Crippen LogP contribution in [0.3, 0.4) is 0 Å². The maximum absolute atomic E-state index is 14.7. The second-order valence-corrected chi connectivity index (χ2v) is 9.21. The van der Waals surface area contributed by atoms with Gasteiger partial charge in [-0.05, 0) is 93.3 Å². The number of methoxy groups -OCH3 is 1. The summed E-state index contributed by atoms with van der Waals surface area (Å²) < 4.78 is 20.0. The molecule has 1 aliphatic heterocycles. The number of piperidine rings is 1. The number of aryl methyl sites for hydroxylation is 2. The molecule has 4 nitrogen and oxygen atoms in total. The van der Waals surface area contributed by atoms with Crippen molar-refractivity contribution in [3.8, 4) is 5.75 Å². The summed E-state index contributed by atoms with van der Waals surface area (Å²) in [6, 6.07) is 16.7. The highest BCUT2D eigenvalue weighted by molar-refractivity contribution is 5.83. The van der Waals surface area contributed by atoms with Gasteiger partial charge in [0.15, 0.2) is 0 Å². The van der Waals surface area contributed by atoms with Crippen LogP contribution in [-0.2, 0) is 12.8 Å². The van der Waals surface area contributed by atoms with Gasteiger partial charge in [-0.2, -0.15) is 0 Å². The number of nitrogens with zero attached hydrogens (tertiary/aromatic N) is 2. The van der Waals surface area contributed by atoms with Crippen LogP contribution in [0.25, 0.3) is 10.9 Å². The average molecular weight is 451 g/mol. The molecule has 0 bridgehead atoms. The summed E-state index contributed by atoms with van der Waals surface area (Å²) in [5, 5.41) is 10.6. The lowest BCUT2D eigenvalue weighted by Gasteiger charge is -2.39. The Morgan fingerprint density at radius 3 is 2.76 bits per heavy atom. The van der Waals surface area contributed by atoms with Crippen molar-refractivity contribution in [2.75, 3.05) is 26.8 Å². The molecule has 2 unspecified atom stereocenters. The molecule has 176 valence electrons. The molecule has 0 spiro atoms. The molecular weight excluding hydrogens is 415 g/mol. The number of halogens is 1. The fourth-order valence-electron chi connectivity index (χ4n) is 5.17. The highest BCUT2D eigenvalue weighted by Crippen LogP contribution is 2.29. The predicted molar refractivity (Wildman–Crippen MR) is 131 cm³/mol. The fourth-order valence-corrected chi connectivity index (χ4v) is 5.17. The Bertz CT molecular complexity index is 1030. The van der Waals surface area contributed by atoms with E-state index >= 15 is 0 Å². The number of pyridine rings is 1. The molecule has 0 saturated carbocycles. The van der Waals surface area contributed by atoms with Crippen LogP contribution < -0.4 is 4.74 Å². The Hall–Kier alpha value is -2.50. The number of aliphatic hydroxyl groups is 1. The van der Waals surface area contributed by atoms with Crippen molar-refractivity contribution in [1.29, 1.82) is 0 Å². The normalized spacial score (nSPS) is 19.1.